The molecule has 1 aromatic heterocycles. The van der Waals surface area contributed by atoms with E-state index in [4.69, 9.17) is 10.5 Å². The van der Waals surface area contributed by atoms with Crippen molar-refractivity contribution >= 4 is 22.4 Å². The lowest BCUT2D eigenvalue weighted by Gasteiger charge is -2.34. The smallest absolute Gasteiger partial charge is 0.230 e. The van der Waals surface area contributed by atoms with Gasteiger partial charge in [0.05, 0.1) is 23.8 Å². The number of nitrogens with one attached hydrogen (secondary N) is 1. The number of thiazole rings is 1. The number of morpholine rings is 1. The van der Waals surface area contributed by atoms with Crippen LogP contribution < -0.4 is 11.1 Å². The number of anilines is 1. The van der Waals surface area contributed by atoms with Crippen LogP contribution in [0.15, 0.2) is 35.7 Å². The number of benzene rings is 1. The Hall–Kier alpha value is -1.80. The fourth-order valence-electron chi connectivity index (χ4n) is 3.43. The van der Waals surface area contributed by atoms with Gasteiger partial charge in [0.1, 0.15) is 0 Å². The van der Waals surface area contributed by atoms with Crippen molar-refractivity contribution in [2.45, 2.75) is 45.6 Å². The topological polar surface area (TPSA) is 80.5 Å². The fraction of sp³-hybridized carbons (Fsp3) is 0.500. The van der Waals surface area contributed by atoms with Gasteiger partial charge in [-0.3, -0.25) is 9.69 Å². The molecule has 0 aliphatic carbocycles. The lowest BCUT2D eigenvalue weighted by molar-refractivity contribution is -0.120. The lowest BCUT2D eigenvalue weighted by Crippen LogP contribution is -2.44. The summed E-state index contributed by atoms with van der Waals surface area (Å²) in [7, 11) is 0. The van der Waals surface area contributed by atoms with E-state index in [9.17, 15) is 4.79 Å². The number of amides is 1. The summed E-state index contributed by atoms with van der Waals surface area (Å²) in [6, 6.07) is 9.34. The summed E-state index contributed by atoms with van der Waals surface area (Å²) in [5.74, 6) is -0.457. The van der Waals surface area contributed by atoms with Crippen LogP contribution in [0.3, 0.4) is 0 Å². The Morgan fingerprint density at radius 2 is 2.00 bits per heavy atom. The monoisotopic (exact) mass is 388 g/mol. The van der Waals surface area contributed by atoms with Gasteiger partial charge in [0.2, 0.25) is 5.91 Å². The van der Waals surface area contributed by atoms with Crippen LogP contribution in [0, 0.1) is 5.92 Å². The highest BCUT2D eigenvalue weighted by atomic mass is 32.1. The van der Waals surface area contributed by atoms with E-state index in [1.165, 1.54) is 11.3 Å². The van der Waals surface area contributed by atoms with Crippen LogP contribution in [0.5, 0.6) is 0 Å². The molecule has 1 saturated heterocycles. The molecule has 4 atom stereocenters. The van der Waals surface area contributed by atoms with Crippen LogP contribution in [-0.4, -0.2) is 41.1 Å². The van der Waals surface area contributed by atoms with E-state index < -0.39 is 0 Å². The van der Waals surface area contributed by atoms with Crippen molar-refractivity contribution < 1.29 is 9.53 Å². The number of nitrogens with zero attached hydrogens (tertiary/aromatic N) is 2. The van der Waals surface area contributed by atoms with E-state index in [1.54, 1.807) is 0 Å². The average molecular weight is 389 g/mol. The minimum absolute atomic E-state index is 0.110. The molecule has 1 aliphatic heterocycles. The number of hydrogen-bond donors (Lipinski definition) is 2. The molecule has 0 radical (unpaired) electrons. The highest BCUT2D eigenvalue weighted by Crippen LogP contribution is 2.23. The standard InChI is InChI=1S/C20H28N4O2S/c1-13-9-24(10-14(2)26-13)11-17-12-27-20(22-17)23-19(25)15(3)18(21)16-7-5-4-6-8-16/h4-8,12-15,18H,9-11,21H2,1-3H3,(H,22,23,25). The van der Waals surface area contributed by atoms with Crippen LogP contribution in [0.2, 0.25) is 0 Å². The van der Waals surface area contributed by atoms with Gasteiger partial charge in [-0.1, -0.05) is 37.3 Å². The van der Waals surface area contributed by atoms with Gasteiger partial charge in [0.25, 0.3) is 0 Å². The Morgan fingerprint density at radius 1 is 1.33 bits per heavy atom. The van der Waals surface area contributed by atoms with Crippen LogP contribution in [0.1, 0.15) is 38.1 Å². The molecule has 4 unspecified atom stereocenters. The summed E-state index contributed by atoms with van der Waals surface area (Å²) in [5, 5.41) is 5.54. The zero-order valence-corrected chi connectivity index (χ0v) is 16.9. The van der Waals surface area contributed by atoms with Crippen molar-refractivity contribution in [1.29, 1.82) is 0 Å². The molecule has 1 amide bonds. The summed E-state index contributed by atoms with van der Waals surface area (Å²) >= 11 is 1.45. The third kappa shape index (κ3) is 5.35. The summed E-state index contributed by atoms with van der Waals surface area (Å²) in [5.41, 5.74) is 8.17. The SMILES string of the molecule is CC1CN(Cc2csc(NC(=O)C(C)C(N)c3ccccc3)n2)CC(C)O1. The van der Waals surface area contributed by atoms with Gasteiger partial charge in [0.15, 0.2) is 5.13 Å². The normalized spacial score (nSPS) is 23.0. The first-order valence-corrected chi connectivity index (χ1v) is 10.2. The molecule has 1 aromatic carbocycles. The number of carbonyl (C=O) groups is 1. The second-order valence-electron chi connectivity index (χ2n) is 7.31. The fourth-order valence-corrected chi connectivity index (χ4v) is 4.13. The number of ether oxygens (including phenoxy) is 1. The molecule has 2 aromatic rings. The minimum Gasteiger partial charge on any atom is -0.373 e. The van der Waals surface area contributed by atoms with Crippen LogP contribution in [0.4, 0.5) is 5.13 Å². The van der Waals surface area contributed by atoms with Gasteiger partial charge in [-0.15, -0.1) is 11.3 Å². The van der Waals surface area contributed by atoms with Gasteiger partial charge >= 0.3 is 0 Å². The van der Waals surface area contributed by atoms with Crippen molar-refractivity contribution in [2.75, 3.05) is 18.4 Å². The highest BCUT2D eigenvalue weighted by Gasteiger charge is 2.24. The molecule has 0 saturated carbocycles. The van der Waals surface area contributed by atoms with Crippen LogP contribution >= 0.6 is 11.3 Å². The van der Waals surface area contributed by atoms with Gasteiger partial charge in [-0.25, -0.2) is 4.98 Å². The minimum atomic E-state index is -0.347. The number of carbonyl (C=O) groups excluding carboxylic acids is 1. The third-order valence-electron chi connectivity index (χ3n) is 4.80. The summed E-state index contributed by atoms with van der Waals surface area (Å²) in [6.07, 6.45) is 0.457. The van der Waals surface area contributed by atoms with Gasteiger partial charge in [-0.2, -0.15) is 0 Å². The maximum atomic E-state index is 12.6. The second-order valence-corrected chi connectivity index (χ2v) is 8.17. The third-order valence-corrected chi connectivity index (χ3v) is 5.61. The molecule has 1 aliphatic rings. The Morgan fingerprint density at radius 3 is 2.67 bits per heavy atom. The van der Waals surface area contributed by atoms with Crippen LogP contribution in [-0.2, 0) is 16.1 Å². The highest BCUT2D eigenvalue weighted by molar-refractivity contribution is 7.13. The first-order chi connectivity index (χ1) is 12.9. The quantitative estimate of drug-likeness (QED) is 0.795. The predicted octanol–water partition coefficient (Wildman–Crippen LogP) is 3.03. The number of aromatic nitrogens is 1. The Labute approximate surface area is 164 Å². The molecule has 3 rings (SSSR count). The zero-order valence-electron chi connectivity index (χ0n) is 16.1. The zero-order chi connectivity index (χ0) is 19.4. The Kier molecular flexibility index (Phi) is 6.59. The summed E-state index contributed by atoms with van der Waals surface area (Å²) in [6.45, 7) is 8.58. The van der Waals surface area contributed by atoms with Crippen molar-refractivity contribution in [1.82, 2.24) is 9.88 Å². The van der Waals surface area contributed by atoms with E-state index in [0.717, 1.165) is 30.9 Å². The van der Waals surface area contributed by atoms with Gasteiger partial charge in [-0.05, 0) is 19.4 Å². The second kappa shape index (κ2) is 8.93. The van der Waals surface area contributed by atoms with E-state index in [2.05, 4.69) is 29.0 Å². The summed E-state index contributed by atoms with van der Waals surface area (Å²) in [4.78, 5) is 19.5. The largest absolute Gasteiger partial charge is 0.373 e. The van der Waals surface area contributed by atoms with Crippen LogP contribution in [0.25, 0.3) is 0 Å². The molecule has 0 bridgehead atoms. The predicted molar refractivity (Wildman–Crippen MR) is 109 cm³/mol. The van der Waals surface area contributed by atoms with Gasteiger partial charge in [0, 0.05) is 31.1 Å². The van der Waals surface area contributed by atoms with E-state index >= 15 is 0 Å². The Balaban J connectivity index is 1.56. The van der Waals surface area contributed by atoms with Crippen molar-refractivity contribution in [3.8, 4) is 0 Å². The molecule has 7 heteroatoms. The molecular formula is C20H28N4O2S. The van der Waals surface area contributed by atoms with Gasteiger partial charge < -0.3 is 15.8 Å². The molecule has 27 heavy (non-hydrogen) atoms. The maximum absolute atomic E-state index is 12.6. The molecule has 1 fully saturated rings. The molecule has 2 heterocycles. The summed E-state index contributed by atoms with van der Waals surface area (Å²) < 4.78 is 5.77. The molecule has 3 N–H and O–H groups in total. The number of hydrogen-bond acceptors (Lipinski definition) is 6. The molecular weight excluding hydrogens is 360 g/mol. The van der Waals surface area contributed by atoms with Crippen molar-refractivity contribution in [3.05, 3.63) is 47.0 Å². The molecule has 0 spiro atoms. The maximum Gasteiger partial charge on any atom is 0.230 e. The first-order valence-electron chi connectivity index (χ1n) is 9.36. The Bertz CT molecular complexity index is 741. The van der Waals surface area contributed by atoms with Crippen molar-refractivity contribution in [2.24, 2.45) is 11.7 Å². The van der Waals surface area contributed by atoms with E-state index in [-0.39, 0.29) is 30.1 Å². The van der Waals surface area contributed by atoms with E-state index in [0.29, 0.717) is 5.13 Å². The average Bonchev–Trinajstić information content (AvgIpc) is 3.07. The number of rotatable bonds is 6. The van der Waals surface area contributed by atoms with Crippen molar-refractivity contribution in [3.63, 3.8) is 0 Å². The van der Waals surface area contributed by atoms with E-state index in [1.807, 2.05) is 42.6 Å². The number of nitrogens with two attached hydrogens (primary N) is 1. The first kappa shape index (κ1) is 19.9. The molecule has 146 valence electrons. The molecule has 6 nitrogen and oxygen atoms in total. The lowest BCUT2D eigenvalue weighted by atomic mass is 9.95.